The molecule has 0 spiro atoms. The molecule has 0 aliphatic heterocycles. The van der Waals surface area contributed by atoms with Gasteiger partial charge >= 0.3 is 0 Å². The quantitative estimate of drug-likeness (QED) is 0.642. The van der Waals surface area contributed by atoms with E-state index in [1.54, 1.807) is 26.4 Å². The number of hydrogen-bond acceptors (Lipinski definition) is 6. The number of hydrogen-bond donors (Lipinski definition) is 1. The molecule has 3 aromatic rings. The van der Waals surface area contributed by atoms with Crippen molar-refractivity contribution < 1.29 is 18.8 Å². The van der Waals surface area contributed by atoms with E-state index in [2.05, 4.69) is 15.5 Å². The summed E-state index contributed by atoms with van der Waals surface area (Å²) in [7, 11) is 3.14. The number of benzene rings is 2. The minimum absolute atomic E-state index is 0.0567. The van der Waals surface area contributed by atoms with Crippen molar-refractivity contribution in [2.45, 2.75) is 25.8 Å². The first kappa shape index (κ1) is 19.4. The van der Waals surface area contributed by atoms with Crippen LogP contribution in [0.2, 0.25) is 0 Å². The van der Waals surface area contributed by atoms with Crippen molar-refractivity contribution >= 4 is 5.91 Å². The molecule has 0 unspecified atom stereocenters. The van der Waals surface area contributed by atoms with Crippen molar-refractivity contribution in [3.63, 3.8) is 0 Å². The first-order valence-electron chi connectivity index (χ1n) is 9.00. The fourth-order valence-electron chi connectivity index (χ4n) is 2.81. The van der Waals surface area contributed by atoms with Gasteiger partial charge in [-0.05, 0) is 30.7 Å². The molecule has 0 aliphatic carbocycles. The number of methoxy groups -OCH3 is 2. The molecule has 0 fully saturated rings. The average Bonchev–Trinajstić information content (AvgIpc) is 3.21. The predicted molar refractivity (Wildman–Crippen MR) is 104 cm³/mol. The van der Waals surface area contributed by atoms with Crippen LogP contribution in [0.1, 0.15) is 30.8 Å². The van der Waals surface area contributed by atoms with E-state index < -0.39 is 0 Å². The number of nitrogens with zero attached hydrogens (tertiary/aromatic N) is 2. The maximum absolute atomic E-state index is 12.2. The van der Waals surface area contributed by atoms with Gasteiger partial charge in [0.15, 0.2) is 11.5 Å². The average molecular weight is 381 g/mol. The zero-order chi connectivity index (χ0) is 19.9. The van der Waals surface area contributed by atoms with Crippen molar-refractivity contribution in [3.8, 4) is 22.9 Å². The van der Waals surface area contributed by atoms with Gasteiger partial charge < -0.3 is 19.3 Å². The highest BCUT2D eigenvalue weighted by atomic mass is 16.5. The largest absolute Gasteiger partial charge is 0.493 e. The molecule has 1 amide bonds. The van der Waals surface area contributed by atoms with Crippen LogP contribution in [0.25, 0.3) is 11.4 Å². The second kappa shape index (κ2) is 9.03. The summed E-state index contributed by atoms with van der Waals surface area (Å²) in [5.41, 5.74) is 1.80. The number of aryl methyl sites for hydroxylation is 1. The van der Waals surface area contributed by atoms with E-state index in [4.69, 9.17) is 14.0 Å². The lowest BCUT2D eigenvalue weighted by Crippen LogP contribution is -2.26. The molecule has 0 bridgehead atoms. The maximum Gasteiger partial charge on any atom is 0.227 e. The van der Waals surface area contributed by atoms with Crippen molar-refractivity contribution in [2.24, 2.45) is 0 Å². The number of aromatic nitrogens is 2. The Kier molecular flexibility index (Phi) is 6.26. The fraction of sp³-hybridized carbons (Fsp3) is 0.286. The summed E-state index contributed by atoms with van der Waals surface area (Å²) in [6, 6.07) is 15.1. The normalized spacial score (nSPS) is 11.7. The summed E-state index contributed by atoms with van der Waals surface area (Å²) in [6.07, 6.45) is 0.637. The van der Waals surface area contributed by atoms with Crippen LogP contribution in [0.3, 0.4) is 0 Å². The number of amides is 1. The standard InChI is InChI=1S/C21H23N3O4/c1-14(15-7-5-4-6-8-15)22-19(25)11-12-20-23-21(24-28-20)16-9-10-17(26-2)18(13-16)27-3/h4-10,13-14H,11-12H2,1-3H3,(H,22,25)/t14-/m0/s1. The molecule has 2 aromatic carbocycles. The lowest BCUT2D eigenvalue weighted by Gasteiger charge is -2.13. The van der Waals surface area contributed by atoms with E-state index in [1.165, 1.54) is 0 Å². The highest BCUT2D eigenvalue weighted by Crippen LogP contribution is 2.31. The first-order valence-corrected chi connectivity index (χ1v) is 9.00. The number of rotatable bonds is 8. The van der Waals surface area contributed by atoms with Crippen molar-refractivity contribution in [3.05, 3.63) is 60.0 Å². The molecule has 3 rings (SSSR count). The van der Waals surface area contributed by atoms with Crippen molar-refractivity contribution in [1.82, 2.24) is 15.5 Å². The Morgan fingerprint density at radius 1 is 1.11 bits per heavy atom. The van der Waals surface area contributed by atoms with Crippen LogP contribution in [-0.4, -0.2) is 30.3 Å². The Hall–Kier alpha value is -3.35. The Bertz CT molecular complexity index is 924. The van der Waals surface area contributed by atoms with Crippen LogP contribution in [-0.2, 0) is 11.2 Å². The van der Waals surface area contributed by atoms with E-state index in [9.17, 15) is 4.79 Å². The van der Waals surface area contributed by atoms with E-state index >= 15 is 0 Å². The second-order valence-electron chi connectivity index (χ2n) is 6.28. The topological polar surface area (TPSA) is 86.5 Å². The molecule has 0 saturated carbocycles. The molecule has 1 atom stereocenters. The van der Waals surface area contributed by atoms with Gasteiger partial charge in [0, 0.05) is 18.4 Å². The predicted octanol–water partition coefficient (Wildman–Crippen LogP) is 3.56. The second-order valence-corrected chi connectivity index (χ2v) is 6.28. The van der Waals surface area contributed by atoms with Crippen LogP contribution < -0.4 is 14.8 Å². The van der Waals surface area contributed by atoms with Gasteiger partial charge in [0.05, 0.1) is 20.3 Å². The Labute approximate surface area is 163 Å². The minimum atomic E-state index is -0.0674. The maximum atomic E-state index is 12.2. The van der Waals surface area contributed by atoms with Gasteiger partial charge in [-0.25, -0.2) is 0 Å². The van der Waals surface area contributed by atoms with E-state index in [1.807, 2.05) is 43.3 Å². The molecular weight excluding hydrogens is 358 g/mol. The molecule has 1 aromatic heterocycles. The number of nitrogens with one attached hydrogen (secondary N) is 1. The summed E-state index contributed by atoms with van der Waals surface area (Å²) >= 11 is 0. The third-order valence-corrected chi connectivity index (χ3v) is 4.35. The summed E-state index contributed by atoms with van der Waals surface area (Å²) < 4.78 is 15.8. The minimum Gasteiger partial charge on any atom is -0.493 e. The molecule has 0 radical (unpaired) electrons. The molecule has 146 valence electrons. The molecular formula is C21H23N3O4. The van der Waals surface area contributed by atoms with Crippen LogP contribution in [0.5, 0.6) is 11.5 Å². The number of carbonyl (C=O) groups is 1. The molecule has 7 nitrogen and oxygen atoms in total. The Balaban J connectivity index is 1.58. The van der Waals surface area contributed by atoms with Crippen LogP contribution in [0.15, 0.2) is 53.1 Å². The fourth-order valence-corrected chi connectivity index (χ4v) is 2.81. The molecule has 0 aliphatic rings. The third-order valence-electron chi connectivity index (χ3n) is 4.35. The van der Waals surface area contributed by atoms with E-state index in [-0.39, 0.29) is 18.4 Å². The van der Waals surface area contributed by atoms with Crippen LogP contribution in [0.4, 0.5) is 0 Å². The van der Waals surface area contributed by atoms with Gasteiger partial charge in [-0.2, -0.15) is 4.98 Å². The van der Waals surface area contributed by atoms with Gasteiger partial charge in [-0.15, -0.1) is 0 Å². The van der Waals surface area contributed by atoms with Gasteiger partial charge in [-0.3, -0.25) is 4.79 Å². The van der Waals surface area contributed by atoms with E-state index in [0.717, 1.165) is 11.1 Å². The SMILES string of the molecule is COc1ccc(-c2noc(CCC(=O)N[C@@H](C)c3ccccc3)n2)cc1OC. The third kappa shape index (κ3) is 4.68. The molecule has 1 N–H and O–H groups in total. The number of carbonyl (C=O) groups excluding carboxylic acids is 1. The number of ether oxygens (including phenoxy) is 2. The van der Waals surface area contributed by atoms with Gasteiger partial charge in [-0.1, -0.05) is 35.5 Å². The van der Waals surface area contributed by atoms with Crippen molar-refractivity contribution in [2.75, 3.05) is 14.2 Å². The van der Waals surface area contributed by atoms with Crippen LogP contribution >= 0.6 is 0 Å². The van der Waals surface area contributed by atoms with Crippen LogP contribution in [0, 0.1) is 0 Å². The zero-order valence-corrected chi connectivity index (χ0v) is 16.1. The highest BCUT2D eigenvalue weighted by molar-refractivity contribution is 5.76. The molecule has 7 heteroatoms. The lowest BCUT2D eigenvalue weighted by atomic mass is 10.1. The smallest absolute Gasteiger partial charge is 0.227 e. The molecule has 1 heterocycles. The van der Waals surface area contributed by atoms with Gasteiger partial charge in [0.1, 0.15) is 0 Å². The first-order chi connectivity index (χ1) is 13.6. The highest BCUT2D eigenvalue weighted by Gasteiger charge is 2.14. The Morgan fingerprint density at radius 2 is 1.86 bits per heavy atom. The van der Waals surface area contributed by atoms with Gasteiger partial charge in [0.2, 0.25) is 17.6 Å². The summed E-state index contributed by atoms with van der Waals surface area (Å²) in [5.74, 6) is 1.99. The summed E-state index contributed by atoms with van der Waals surface area (Å²) in [5, 5.41) is 6.96. The molecule has 28 heavy (non-hydrogen) atoms. The molecule has 0 saturated heterocycles. The van der Waals surface area contributed by atoms with Crippen molar-refractivity contribution in [1.29, 1.82) is 0 Å². The van der Waals surface area contributed by atoms with Gasteiger partial charge in [0.25, 0.3) is 0 Å². The lowest BCUT2D eigenvalue weighted by molar-refractivity contribution is -0.121. The zero-order valence-electron chi connectivity index (χ0n) is 16.1. The summed E-state index contributed by atoms with van der Waals surface area (Å²) in [6.45, 7) is 1.95. The Morgan fingerprint density at radius 3 is 2.57 bits per heavy atom. The summed E-state index contributed by atoms with van der Waals surface area (Å²) in [4.78, 5) is 16.6. The van der Waals surface area contributed by atoms with E-state index in [0.29, 0.717) is 29.6 Å². The monoisotopic (exact) mass is 381 g/mol.